The average molecular weight is 490 g/mol. The molecule has 1 N–H and O–H groups in total. The molecule has 6 nitrogen and oxygen atoms in total. The minimum Gasteiger partial charge on any atom is -0.351 e. The van der Waals surface area contributed by atoms with Crippen LogP contribution in [0.25, 0.3) is 5.69 Å². The van der Waals surface area contributed by atoms with Crippen LogP contribution in [0.2, 0.25) is 0 Å². The van der Waals surface area contributed by atoms with Crippen molar-refractivity contribution in [3.8, 4) is 5.69 Å². The number of benzene rings is 1. The van der Waals surface area contributed by atoms with Crippen LogP contribution in [0.5, 0.6) is 0 Å². The fourth-order valence-corrected chi connectivity index (χ4v) is 5.07. The lowest BCUT2D eigenvalue weighted by Gasteiger charge is -2.31. The SMILES string of the molecule is CN(CCNC(=O)c1cc2c(n(-c3ccc(C(F)(F)F)cc3)c1=O)CCCC2=O)C1CCCCC1. The van der Waals surface area contributed by atoms with E-state index in [1.54, 1.807) is 0 Å². The molecule has 1 amide bonds. The van der Waals surface area contributed by atoms with Gasteiger partial charge in [0.1, 0.15) is 5.56 Å². The van der Waals surface area contributed by atoms with Gasteiger partial charge in [0.05, 0.1) is 5.56 Å². The summed E-state index contributed by atoms with van der Waals surface area (Å²) in [5.41, 5.74) is -0.758. The number of rotatable bonds is 6. The summed E-state index contributed by atoms with van der Waals surface area (Å²) in [5.74, 6) is -0.771. The molecule has 0 saturated heterocycles. The Labute approximate surface area is 202 Å². The molecule has 0 atom stereocenters. The van der Waals surface area contributed by atoms with Gasteiger partial charge < -0.3 is 10.2 Å². The van der Waals surface area contributed by atoms with Crippen molar-refractivity contribution in [1.82, 2.24) is 14.8 Å². The van der Waals surface area contributed by atoms with E-state index in [-0.39, 0.29) is 22.6 Å². The van der Waals surface area contributed by atoms with E-state index in [4.69, 9.17) is 0 Å². The van der Waals surface area contributed by atoms with Gasteiger partial charge in [-0.3, -0.25) is 19.0 Å². The second kappa shape index (κ2) is 10.4. The molecule has 0 radical (unpaired) electrons. The van der Waals surface area contributed by atoms with Gasteiger partial charge in [0.25, 0.3) is 11.5 Å². The second-order valence-electron chi connectivity index (χ2n) is 9.41. The minimum absolute atomic E-state index is 0.181. The van der Waals surface area contributed by atoms with Crippen molar-refractivity contribution in [2.45, 2.75) is 63.6 Å². The fourth-order valence-electron chi connectivity index (χ4n) is 5.07. The van der Waals surface area contributed by atoms with Crippen LogP contribution in [0.3, 0.4) is 0 Å². The first-order chi connectivity index (χ1) is 16.7. The number of hydrogen-bond donors (Lipinski definition) is 1. The molecule has 0 unspecified atom stereocenters. The highest BCUT2D eigenvalue weighted by Crippen LogP contribution is 2.30. The Hall–Kier alpha value is -2.94. The predicted molar refractivity (Wildman–Crippen MR) is 126 cm³/mol. The molecule has 2 aliphatic rings. The maximum Gasteiger partial charge on any atom is 0.416 e. The van der Waals surface area contributed by atoms with Gasteiger partial charge in [0.15, 0.2) is 5.78 Å². The van der Waals surface area contributed by atoms with Crippen molar-refractivity contribution >= 4 is 11.7 Å². The zero-order valence-electron chi connectivity index (χ0n) is 19.8. The summed E-state index contributed by atoms with van der Waals surface area (Å²) < 4.78 is 40.3. The van der Waals surface area contributed by atoms with E-state index in [0.717, 1.165) is 25.0 Å². The molecule has 4 rings (SSSR count). The smallest absolute Gasteiger partial charge is 0.351 e. The lowest BCUT2D eigenvalue weighted by atomic mass is 9.92. The monoisotopic (exact) mass is 489 g/mol. The Morgan fingerprint density at radius 2 is 1.74 bits per heavy atom. The number of pyridine rings is 1. The van der Waals surface area contributed by atoms with Gasteiger partial charge in [-0.15, -0.1) is 0 Å². The second-order valence-corrected chi connectivity index (χ2v) is 9.41. The van der Waals surface area contributed by atoms with E-state index >= 15 is 0 Å². The number of alkyl halides is 3. The van der Waals surface area contributed by atoms with E-state index in [9.17, 15) is 27.6 Å². The van der Waals surface area contributed by atoms with Gasteiger partial charge in [0, 0.05) is 42.5 Å². The predicted octanol–water partition coefficient (Wildman–Crippen LogP) is 4.37. The third kappa shape index (κ3) is 5.50. The number of amides is 1. The molecule has 1 saturated carbocycles. The molecule has 2 aliphatic carbocycles. The highest BCUT2D eigenvalue weighted by atomic mass is 19.4. The number of nitrogens with zero attached hydrogens (tertiary/aromatic N) is 2. The lowest BCUT2D eigenvalue weighted by Crippen LogP contribution is -2.41. The van der Waals surface area contributed by atoms with Crippen LogP contribution in [-0.4, -0.2) is 47.3 Å². The molecule has 9 heteroatoms. The molecule has 1 aromatic carbocycles. The Morgan fingerprint density at radius 1 is 1.06 bits per heavy atom. The molecule has 1 aromatic heterocycles. The van der Waals surface area contributed by atoms with E-state index in [0.29, 0.717) is 44.1 Å². The summed E-state index contributed by atoms with van der Waals surface area (Å²) in [5, 5.41) is 2.79. The molecule has 188 valence electrons. The zero-order valence-corrected chi connectivity index (χ0v) is 19.8. The number of fused-ring (bicyclic) bond motifs is 1. The van der Waals surface area contributed by atoms with Gasteiger partial charge in [-0.05, 0) is 63.1 Å². The fraction of sp³-hybridized carbons (Fsp3) is 0.500. The van der Waals surface area contributed by atoms with Gasteiger partial charge in [-0.2, -0.15) is 13.2 Å². The van der Waals surface area contributed by atoms with Crippen LogP contribution >= 0.6 is 0 Å². The average Bonchev–Trinajstić information content (AvgIpc) is 2.84. The molecule has 1 heterocycles. The van der Waals surface area contributed by atoms with E-state index < -0.39 is 23.2 Å². The third-order valence-corrected chi connectivity index (χ3v) is 7.07. The number of likely N-dealkylation sites (N-methyl/N-ethyl adjacent to an activating group) is 1. The summed E-state index contributed by atoms with van der Waals surface area (Å²) in [6, 6.07) is 6.02. The molecule has 2 aromatic rings. The van der Waals surface area contributed by atoms with Crippen molar-refractivity contribution in [2.75, 3.05) is 20.1 Å². The van der Waals surface area contributed by atoms with Crippen LogP contribution in [0.15, 0.2) is 35.1 Å². The van der Waals surface area contributed by atoms with Gasteiger partial charge >= 0.3 is 6.18 Å². The molecule has 0 bridgehead atoms. The van der Waals surface area contributed by atoms with Crippen molar-refractivity contribution in [3.05, 3.63) is 63.1 Å². The summed E-state index contributed by atoms with van der Waals surface area (Å²) >= 11 is 0. The lowest BCUT2D eigenvalue weighted by molar-refractivity contribution is -0.137. The maximum absolute atomic E-state index is 13.4. The quantitative estimate of drug-likeness (QED) is 0.654. The Morgan fingerprint density at radius 3 is 2.40 bits per heavy atom. The number of halogens is 3. The zero-order chi connectivity index (χ0) is 25.2. The van der Waals surface area contributed by atoms with Gasteiger partial charge in [-0.25, -0.2) is 0 Å². The number of ketones is 1. The Balaban J connectivity index is 1.60. The largest absolute Gasteiger partial charge is 0.416 e. The first-order valence-electron chi connectivity index (χ1n) is 12.1. The van der Waals surface area contributed by atoms with Crippen molar-refractivity contribution in [2.24, 2.45) is 0 Å². The van der Waals surface area contributed by atoms with Crippen molar-refractivity contribution in [3.63, 3.8) is 0 Å². The third-order valence-electron chi connectivity index (χ3n) is 7.07. The Bertz CT molecular complexity index is 1150. The van der Waals surface area contributed by atoms with E-state index in [1.165, 1.54) is 42.0 Å². The first kappa shape index (κ1) is 25.2. The molecule has 0 aliphatic heterocycles. The number of carbonyl (C=O) groups is 2. The molecule has 35 heavy (non-hydrogen) atoms. The Kier molecular flexibility index (Phi) is 7.44. The summed E-state index contributed by atoms with van der Waals surface area (Å²) in [6.45, 7) is 0.976. The van der Waals surface area contributed by atoms with Crippen LogP contribution in [0, 0.1) is 0 Å². The number of hydrogen-bond acceptors (Lipinski definition) is 4. The molecule has 1 fully saturated rings. The number of nitrogens with one attached hydrogen (secondary N) is 1. The minimum atomic E-state index is -4.51. The molecular weight excluding hydrogens is 459 g/mol. The van der Waals surface area contributed by atoms with Crippen LogP contribution < -0.4 is 10.9 Å². The topological polar surface area (TPSA) is 71.4 Å². The standard InChI is InChI=1S/C26H30F3N3O3/c1-31(18-6-3-2-4-7-18)15-14-30-24(34)21-16-20-22(8-5-9-23(20)33)32(25(21)35)19-12-10-17(11-13-19)26(27,28)29/h10-13,16,18H,2-9,14-15H2,1H3,(H,30,34). The van der Waals surface area contributed by atoms with E-state index in [2.05, 4.69) is 10.2 Å². The summed E-state index contributed by atoms with van der Waals surface area (Å²) in [6.07, 6.45) is 2.67. The van der Waals surface area contributed by atoms with Crippen molar-refractivity contribution < 1.29 is 22.8 Å². The van der Waals surface area contributed by atoms with Crippen LogP contribution in [0.1, 0.15) is 76.9 Å². The van der Waals surface area contributed by atoms with Gasteiger partial charge in [-0.1, -0.05) is 19.3 Å². The highest BCUT2D eigenvalue weighted by Gasteiger charge is 2.31. The summed E-state index contributed by atoms with van der Waals surface area (Å²) in [4.78, 5) is 41.2. The van der Waals surface area contributed by atoms with Gasteiger partial charge in [0.2, 0.25) is 0 Å². The number of carbonyl (C=O) groups excluding carboxylic acids is 2. The van der Waals surface area contributed by atoms with E-state index in [1.807, 2.05) is 7.05 Å². The van der Waals surface area contributed by atoms with Crippen molar-refractivity contribution in [1.29, 1.82) is 0 Å². The van der Waals surface area contributed by atoms with Crippen LogP contribution in [-0.2, 0) is 12.6 Å². The summed E-state index contributed by atoms with van der Waals surface area (Å²) in [7, 11) is 2.03. The normalized spacial score (nSPS) is 16.9. The number of aromatic nitrogens is 1. The highest BCUT2D eigenvalue weighted by molar-refractivity contribution is 6.01. The maximum atomic E-state index is 13.4. The molecular formula is C26H30F3N3O3. The molecule has 0 spiro atoms. The number of Topliss-reactive ketones (excluding diaryl/α,β-unsaturated/α-hetero) is 1. The van der Waals surface area contributed by atoms with Crippen LogP contribution in [0.4, 0.5) is 13.2 Å². The first-order valence-corrected chi connectivity index (χ1v) is 12.1.